The van der Waals surface area contributed by atoms with Gasteiger partial charge in [-0.3, -0.25) is 9.59 Å². The molecule has 6 nitrogen and oxygen atoms in total. The molecule has 29 heavy (non-hydrogen) atoms. The fraction of sp³-hybridized carbons (Fsp3) is 0.0952. The van der Waals surface area contributed by atoms with Gasteiger partial charge in [-0.25, -0.2) is 9.18 Å². The minimum Gasteiger partial charge on any atom is -0.449 e. The smallest absolute Gasteiger partial charge is 0.338 e. The molecule has 1 aromatic heterocycles. The minimum atomic E-state index is -1.15. The van der Waals surface area contributed by atoms with Gasteiger partial charge >= 0.3 is 5.97 Å². The molecule has 0 aliphatic carbocycles. The highest BCUT2D eigenvalue weighted by Crippen LogP contribution is 2.17. The summed E-state index contributed by atoms with van der Waals surface area (Å²) in [4.78, 5) is 37.2. The first-order chi connectivity index (χ1) is 13.9. The van der Waals surface area contributed by atoms with Crippen LogP contribution in [0.25, 0.3) is 0 Å². The van der Waals surface area contributed by atoms with E-state index in [4.69, 9.17) is 4.74 Å². The Labute approximate surface area is 170 Å². The molecule has 1 heterocycles. The fourth-order valence-electron chi connectivity index (χ4n) is 2.40. The molecule has 0 bridgehead atoms. The quantitative estimate of drug-likeness (QED) is 0.591. The lowest BCUT2D eigenvalue weighted by molar-refractivity contribution is -0.123. The van der Waals surface area contributed by atoms with Gasteiger partial charge in [0.1, 0.15) is 5.82 Å². The van der Waals surface area contributed by atoms with E-state index in [0.29, 0.717) is 10.6 Å². The molecule has 0 fully saturated rings. The van der Waals surface area contributed by atoms with E-state index in [1.165, 1.54) is 48.6 Å². The Morgan fingerprint density at radius 1 is 1.00 bits per heavy atom. The number of rotatable bonds is 6. The van der Waals surface area contributed by atoms with Crippen molar-refractivity contribution in [3.05, 3.63) is 82.3 Å². The van der Waals surface area contributed by atoms with Gasteiger partial charge in [-0.05, 0) is 48.7 Å². The topological polar surface area (TPSA) is 84.5 Å². The molecule has 2 amide bonds. The molecule has 3 aromatic rings. The van der Waals surface area contributed by atoms with Crippen molar-refractivity contribution in [2.24, 2.45) is 0 Å². The molecular weight excluding hydrogens is 395 g/mol. The normalized spacial score (nSPS) is 11.4. The number of carbonyl (C=O) groups is 3. The zero-order chi connectivity index (χ0) is 20.8. The highest BCUT2D eigenvalue weighted by molar-refractivity contribution is 7.12. The first-order valence-corrected chi connectivity index (χ1v) is 9.53. The van der Waals surface area contributed by atoms with Gasteiger partial charge in [-0.15, -0.1) is 11.3 Å². The third kappa shape index (κ3) is 5.26. The second kappa shape index (κ2) is 9.11. The van der Waals surface area contributed by atoms with E-state index in [2.05, 4.69) is 10.6 Å². The number of hydrogen-bond donors (Lipinski definition) is 2. The first-order valence-electron chi connectivity index (χ1n) is 8.65. The monoisotopic (exact) mass is 412 g/mol. The van der Waals surface area contributed by atoms with E-state index >= 15 is 0 Å². The third-order valence-electron chi connectivity index (χ3n) is 3.89. The van der Waals surface area contributed by atoms with Crippen LogP contribution >= 0.6 is 11.3 Å². The van der Waals surface area contributed by atoms with Crippen LogP contribution < -0.4 is 10.6 Å². The number of thiophene rings is 1. The van der Waals surface area contributed by atoms with Gasteiger partial charge in [-0.2, -0.15) is 0 Å². The molecule has 148 valence electrons. The summed E-state index contributed by atoms with van der Waals surface area (Å²) in [5.41, 5.74) is 0.583. The van der Waals surface area contributed by atoms with Crippen LogP contribution in [0, 0.1) is 5.82 Å². The maximum absolute atomic E-state index is 13.6. The number of halogens is 1. The van der Waals surface area contributed by atoms with Crippen LogP contribution in [0.2, 0.25) is 0 Å². The molecule has 1 atom stereocenters. The second-order valence-electron chi connectivity index (χ2n) is 6.03. The van der Waals surface area contributed by atoms with Crippen molar-refractivity contribution in [1.29, 1.82) is 0 Å². The van der Waals surface area contributed by atoms with Gasteiger partial charge in [0, 0.05) is 5.69 Å². The Bertz CT molecular complexity index is 1040. The Morgan fingerprint density at radius 3 is 2.52 bits per heavy atom. The number of nitrogens with one attached hydrogen (secondary N) is 2. The van der Waals surface area contributed by atoms with Crippen molar-refractivity contribution < 1.29 is 23.5 Å². The van der Waals surface area contributed by atoms with Crippen molar-refractivity contribution in [3.8, 4) is 0 Å². The predicted octanol–water partition coefficient (Wildman–Crippen LogP) is 4.32. The van der Waals surface area contributed by atoms with Crippen LogP contribution in [-0.4, -0.2) is 23.9 Å². The van der Waals surface area contributed by atoms with E-state index in [-0.39, 0.29) is 17.2 Å². The summed E-state index contributed by atoms with van der Waals surface area (Å²) in [5.74, 6) is -2.28. The molecule has 0 aliphatic rings. The van der Waals surface area contributed by atoms with Gasteiger partial charge < -0.3 is 15.4 Å². The van der Waals surface area contributed by atoms with Crippen LogP contribution in [-0.2, 0) is 9.53 Å². The first kappa shape index (κ1) is 20.2. The maximum atomic E-state index is 13.6. The zero-order valence-electron chi connectivity index (χ0n) is 15.3. The summed E-state index contributed by atoms with van der Waals surface area (Å²) in [6, 6.07) is 15.3. The van der Waals surface area contributed by atoms with E-state index < -0.39 is 23.8 Å². The van der Waals surface area contributed by atoms with Gasteiger partial charge in [0.05, 0.1) is 16.1 Å². The second-order valence-corrected chi connectivity index (χ2v) is 6.98. The van der Waals surface area contributed by atoms with E-state index in [9.17, 15) is 18.8 Å². The molecule has 3 rings (SSSR count). The average Bonchev–Trinajstić information content (AvgIpc) is 3.25. The summed E-state index contributed by atoms with van der Waals surface area (Å²) in [7, 11) is 0. The lowest BCUT2D eigenvalue weighted by atomic mass is 10.2. The van der Waals surface area contributed by atoms with E-state index in [0.717, 1.165) is 0 Å². The Kier molecular flexibility index (Phi) is 6.36. The summed E-state index contributed by atoms with van der Waals surface area (Å²) in [6.07, 6.45) is -1.15. The minimum absolute atomic E-state index is 0.00122. The standard InChI is InChI=1S/C21H17FN2O4S/c1-13(19(25)24-17-9-3-2-8-16(17)22)28-21(27)14-6-4-7-15(12-14)23-20(26)18-10-5-11-29-18/h2-13H,1H3,(H,23,26)(H,24,25)/t13-/m1/s1. The number of carbonyl (C=O) groups excluding carboxylic acids is 3. The Hall–Kier alpha value is -3.52. The van der Waals surface area contributed by atoms with E-state index in [1.807, 2.05) is 0 Å². The number of amides is 2. The van der Waals surface area contributed by atoms with Gasteiger partial charge in [0.2, 0.25) is 0 Å². The molecule has 0 spiro atoms. The number of esters is 1. The predicted molar refractivity (Wildman–Crippen MR) is 109 cm³/mol. The van der Waals surface area contributed by atoms with E-state index in [1.54, 1.807) is 35.7 Å². The Morgan fingerprint density at radius 2 is 1.79 bits per heavy atom. The third-order valence-corrected chi connectivity index (χ3v) is 4.75. The summed E-state index contributed by atoms with van der Waals surface area (Å²) in [6.45, 7) is 1.39. The van der Waals surface area contributed by atoms with Crippen LogP contribution in [0.15, 0.2) is 66.0 Å². The van der Waals surface area contributed by atoms with Crippen LogP contribution in [0.1, 0.15) is 27.0 Å². The number of hydrogen-bond acceptors (Lipinski definition) is 5. The molecule has 0 aliphatic heterocycles. The molecule has 0 radical (unpaired) electrons. The van der Waals surface area contributed by atoms with Gasteiger partial charge in [-0.1, -0.05) is 24.3 Å². The Balaban J connectivity index is 1.62. The van der Waals surface area contributed by atoms with Crippen LogP contribution in [0.5, 0.6) is 0 Å². The molecule has 0 saturated carbocycles. The molecular formula is C21H17FN2O4S. The molecule has 2 aromatic carbocycles. The summed E-state index contributed by atoms with van der Waals surface area (Å²) >= 11 is 1.30. The molecule has 2 N–H and O–H groups in total. The average molecular weight is 412 g/mol. The summed E-state index contributed by atoms with van der Waals surface area (Å²) in [5, 5.41) is 6.86. The van der Waals surface area contributed by atoms with Gasteiger partial charge in [0.25, 0.3) is 11.8 Å². The van der Waals surface area contributed by atoms with Crippen LogP contribution in [0.4, 0.5) is 15.8 Å². The van der Waals surface area contributed by atoms with Crippen LogP contribution in [0.3, 0.4) is 0 Å². The number of anilines is 2. The largest absolute Gasteiger partial charge is 0.449 e. The van der Waals surface area contributed by atoms with Crippen molar-refractivity contribution in [2.75, 3.05) is 10.6 Å². The van der Waals surface area contributed by atoms with Crippen molar-refractivity contribution >= 4 is 40.5 Å². The number of benzene rings is 2. The molecule has 0 saturated heterocycles. The van der Waals surface area contributed by atoms with Gasteiger partial charge in [0.15, 0.2) is 6.10 Å². The highest BCUT2D eigenvalue weighted by atomic mass is 32.1. The molecule has 8 heteroatoms. The lowest BCUT2D eigenvalue weighted by Gasteiger charge is -2.14. The lowest BCUT2D eigenvalue weighted by Crippen LogP contribution is -2.30. The SMILES string of the molecule is C[C@@H](OC(=O)c1cccc(NC(=O)c2cccs2)c1)C(=O)Nc1ccccc1F. The van der Waals surface area contributed by atoms with Crippen molar-refractivity contribution in [1.82, 2.24) is 0 Å². The number of para-hydroxylation sites is 1. The maximum Gasteiger partial charge on any atom is 0.338 e. The highest BCUT2D eigenvalue weighted by Gasteiger charge is 2.20. The van der Waals surface area contributed by atoms with Crippen molar-refractivity contribution in [2.45, 2.75) is 13.0 Å². The summed E-state index contributed by atoms with van der Waals surface area (Å²) < 4.78 is 18.8. The molecule has 0 unspecified atom stereocenters. The number of ether oxygens (including phenoxy) is 1. The van der Waals surface area contributed by atoms with Crippen molar-refractivity contribution in [3.63, 3.8) is 0 Å². The zero-order valence-corrected chi connectivity index (χ0v) is 16.2. The fourth-order valence-corrected chi connectivity index (χ4v) is 3.02.